The molecule has 112 valence electrons. The van der Waals surface area contributed by atoms with Gasteiger partial charge in [-0.2, -0.15) is 0 Å². The van der Waals surface area contributed by atoms with Crippen LogP contribution in [0.4, 0.5) is 0 Å². The molecule has 4 heteroatoms. The zero-order chi connectivity index (χ0) is 15.2. The Hall–Kier alpha value is -2.10. The first-order valence-corrected chi connectivity index (χ1v) is 7.29. The highest BCUT2D eigenvalue weighted by molar-refractivity contribution is 5.89. The Morgan fingerprint density at radius 2 is 2.10 bits per heavy atom. The molecule has 0 aromatic heterocycles. The van der Waals surface area contributed by atoms with Gasteiger partial charge in [-0.25, -0.2) is 4.79 Å². The summed E-state index contributed by atoms with van der Waals surface area (Å²) in [6.07, 6.45) is 7.47. The molecule has 0 saturated heterocycles. The molecule has 1 aliphatic rings. The van der Waals surface area contributed by atoms with Crippen LogP contribution in [-0.4, -0.2) is 35.5 Å². The van der Waals surface area contributed by atoms with Crippen molar-refractivity contribution in [3.05, 3.63) is 47.5 Å². The molecule has 1 unspecified atom stereocenters. The molecule has 0 aliphatic heterocycles. The highest BCUT2D eigenvalue weighted by atomic mass is 16.4. The van der Waals surface area contributed by atoms with E-state index in [1.54, 1.807) is 24.1 Å². The van der Waals surface area contributed by atoms with Gasteiger partial charge in [-0.15, -0.1) is 0 Å². The Morgan fingerprint density at radius 1 is 1.33 bits per heavy atom. The van der Waals surface area contributed by atoms with E-state index in [2.05, 4.69) is 12.2 Å². The van der Waals surface area contributed by atoms with Crippen LogP contribution in [0.5, 0.6) is 0 Å². The van der Waals surface area contributed by atoms with E-state index in [4.69, 9.17) is 5.11 Å². The summed E-state index contributed by atoms with van der Waals surface area (Å²) in [6.45, 7) is 0.541. The normalized spacial score (nSPS) is 16.9. The number of allylic oxidation sites excluding steroid dienone is 2. The van der Waals surface area contributed by atoms with Gasteiger partial charge in [0.2, 0.25) is 5.91 Å². The van der Waals surface area contributed by atoms with E-state index in [0.717, 1.165) is 18.4 Å². The number of hydrogen-bond acceptors (Lipinski definition) is 2. The molecular formula is C17H21NO3. The number of likely N-dealkylation sites (N-methyl/N-ethyl adjacent to an activating group) is 1. The van der Waals surface area contributed by atoms with Gasteiger partial charge in [0, 0.05) is 20.0 Å². The molecule has 0 spiro atoms. The minimum Gasteiger partial charge on any atom is -0.478 e. The van der Waals surface area contributed by atoms with E-state index in [0.29, 0.717) is 30.9 Å². The van der Waals surface area contributed by atoms with Gasteiger partial charge in [0.05, 0.1) is 5.56 Å². The topological polar surface area (TPSA) is 57.6 Å². The van der Waals surface area contributed by atoms with Gasteiger partial charge in [0.25, 0.3) is 0 Å². The summed E-state index contributed by atoms with van der Waals surface area (Å²) in [6, 6.07) is 6.95. The molecule has 0 saturated carbocycles. The van der Waals surface area contributed by atoms with Crippen LogP contribution in [0.2, 0.25) is 0 Å². The maximum absolute atomic E-state index is 12.1. The quantitative estimate of drug-likeness (QED) is 0.818. The lowest BCUT2D eigenvalue weighted by molar-refractivity contribution is -0.130. The van der Waals surface area contributed by atoms with Gasteiger partial charge >= 0.3 is 5.97 Å². The van der Waals surface area contributed by atoms with Crippen LogP contribution in [0.25, 0.3) is 0 Å². The predicted molar refractivity (Wildman–Crippen MR) is 81.2 cm³/mol. The number of carbonyl (C=O) groups excluding carboxylic acids is 1. The molecule has 0 radical (unpaired) electrons. The monoisotopic (exact) mass is 287 g/mol. The average Bonchev–Trinajstić information content (AvgIpc) is 2.97. The fourth-order valence-electron chi connectivity index (χ4n) is 2.61. The Morgan fingerprint density at radius 3 is 2.76 bits per heavy atom. The number of rotatable bonds is 6. The molecule has 0 bridgehead atoms. The summed E-state index contributed by atoms with van der Waals surface area (Å²) >= 11 is 0. The van der Waals surface area contributed by atoms with Crippen molar-refractivity contribution in [2.24, 2.45) is 5.92 Å². The average molecular weight is 287 g/mol. The number of nitrogens with zero attached hydrogens (tertiary/aromatic N) is 1. The van der Waals surface area contributed by atoms with E-state index in [9.17, 15) is 9.59 Å². The van der Waals surface area contributed by atoms with E-state index >= 15 is 0 Å². The van der Waals surface area contributed by atoms with Crippen LogP contribution in [0.15, 0.2) is 36.4 Å². The zero-order valence-electron chi connectivity index (χ0n) is 12.3. The third kappa shape index (κ3) is 4.18. The second kappa shape index (κ2) is 7.07. The van der Waals surface area contributed by atoms with Gasteiger partial charge in [-0.05, 0) is 36.8 Å². The molecule has 0 heterocycles. The number of hydrogen-bond donors (Lipinski definition) is 1. The van der Waals surface area contributed by atoms with Gasteiger partial charge in [0.1, 0.15) is 0 Å². The lowest BCUT2D eigenvalue weighted by Gasteiger charge is -2.19. The summed E-state index contributed by atoms with van der Waals surface area (Å²) in [5.41, 5.74) is 1.09. The van der Waals surface area contributed by atoms with E-state index in [1.807, 2.05) is 12.1 Å². The third-order valence-corrected chi connectivity index (χ3v) is 3.94. The van der Waals surface area contributed by atoms with Gasteiger partial charge in [-0.1, -0.05) is 30.4 Å². The summed E-state index contributed by atoms with van der Waals surface area (Å²) in [4.78, 5) is 25.0. The molecule has 1 amide bonds. The summed E-state index contributed by atoms with van der Waals surface area (Å²) in [7, 11) is 1.78. The molecule has 21 heavy (non-hydrogen) atoms. The zero-order valence-corrected chi connectivity index (χ0v) is 12.3. The molecule has 4 nitrogen and oxygen atoms in total. The number of carboxylic acid groups (broad SMARTS) is 1. The molecule has 1 aromatic carbocycles. The Labute approximate surface area is 125 Å². The highest BCUT2D eigenvalue weighted by Crippen LogP contribution is 2.21. The number of carboxylic acids is 1. The molecule has 1 atom stereocenters. The van der Waals surface area contributed by atoms with Gasteiger partial charge in [0.15, 0.2) is 0 Å². The van der Waals surface area contributed by atoms with Crippen LogP contribution >= 0.6 is 0 Å². The van der Waals surface area contributed by atoms with Crippen molar-refractivity contribution in [1.82, 2.24) is 4.90 Å². The second-order valence-corrected chi connectivity index (χ2v) is 5.50. The Kier molecular flexibility index (Phi) is 5.14. The number of benzene rings is 1. The summed E-state index contributed by atoms with van der Waals surface area (Å²) in [5, 5.41) is 9.14. The van der Waals surface area contributed by atoms with Gasteiger partial charge in [-0.3, -0.25) is 4.79 Å². The number of carbonyl (C=O) groups is 2. The summed E-state index contributed by atoms with van der Waals surface area (Å²) in [5.74, 6) is -0.429. The van der Waals surface area contributed by atoms with Crippen molar-refractivity contribution in [2.45, 2.75) is 25.7 Å². The SMILES string of the molecule is CN(CCc1ccccc1C(=O)O)C(=O)CC1C=CCC1. The molecule has 1 aliphatic carbocycles. The Bertz CT molecular complexity index is 551. The minimum atomic E-state index is -0.921. The largest absolute Gasteiger partial charge is 0.478 e. The maximum atomic E-state index is 12.1. The third-order valence-electron chi connectivity index (χ3n) is 3.94. The predicted octanol–water partition coefficient (Wildman–Crippen LogP) is 2.74. The maximum Gasteiger partial charge on any atom is 0.335 e. The van der Waals surface area contributed by atoms with Gasteiger partial charge < -0.3 is 10.0 Å². The molecular weight excluding hydrogens is 266 g/mol. The highest BCUT2D eigenvalue weighted by Gasteiger charge is 2.17. The van der Waals surface area contributed by atoms with Crippen LogP contribution in [-0.2, 0) is 11.2 Å². The van der Waals surface area contributed by atoms with Crippen LogP contribution < -0.4 is 0 Å². The first-order chi connectivity index (χ1) is 10.1. The van der Waals surface area contributed by atoms with Crippen molar-refractivity contribution in [3.8, 4) is 0 Å². The van der Waals surface area contributed by atoms with Crippen molar-refractivity contribution < 1.29 is 14.7 Å². The summed E-state index contributed by atoms with van der Waals surface area (Å²) < 4.78 is 0. The van der Waals surface area contributed by atoms with Crippen LogP contribution in [0, 0.1) is 5.92 Å². The minimum absolute atomic E-state index is 0.124. The lowest BCUT2D eigenvalue weighted by Crippen LogP contribution is -2.30. The van der Waals surface area contributed by atoms with Crippen LogP contribution in [0.1, 0.15) is 35.2 Å². The smallest absolute Gasteiger partial charge is 0.335 e. The second-order valence-electron chi connectivity index (χ2n) is 5.50. The molecule has 1 aromatic rings. The fourth-order valence-corrected chi connectivity index (χ4v) is 2.61. The molecule has 1 N–H and O–H groups in total. The van der Waals surface area contributed by atoms with Crippen molar-refractivity contribution in [1.29, 1.82) is 0 Å². The lowest BCUT2D eigenvalue weighted by atomic mass is 10.0. The first-order valence-electron chi connectivity index (χ1n) is 7.29. The number of aromatic carboxylic acids is 1. The number of amides is 1. The van der Waals surface area contributed by atoms with Crippen molar-refractivity contribution >= 4 is 11.9 Å². The molecule has 0 fully saturated rings. The first kappa shape index (κ1) is 15.3. The Balaban J connectivity index is 1.88. The van der Waals surface area contributed by atoms with Crippen molar-refractivity contribution in [2.75, 3.05) is 13.6 Å². The van der Waals surface area contributed by atoms with Crippen LogP contribution in [0.3, 0.4) is 0 Å². The molecule has 2 rings (SSSR count). The van der Waals surface area contributed by atoms with Crippen molar-refractivity contribution in [3.63, 3.8) is 0 Å². The van der Waals surface area contributed by atoms with E-state index in [-0.39, 0.29) is 5.91 Å². The standard InChI is InChI=1S/C17H21NO3/c1-18(16(19)12-13-6-2-3-7-13)11-10-14-8-4-5-9-15(14)17(20)21/h2,4-6,8-9,13H,3,7,10-12H2,1H3,(H,20,21). The van der Waals surface area contributed by atoms with E-state index in [1.165, 1.54) is 0 Å². The van der Waals surface area contributed by atoms with E-state index < -0.39 is 5.97 Å². The fraction of sp³-hybridized carbons (Fsp3) is 0.412.